The lowest BCUT2D eigenvalue weighted by molar-refractivity contribution is -0.404. The molecule has 2 rings (SSSR count). The summed E-state index contributed by atoms with van der Waals surface area (Å²) in [4.78, 5) is 32.1. The summed E-state index contributed by atoms with van der Waals surface area (Å²) in [6.07, 6.45) is 5.28. The second kappa shape index (κ2) is 9.75. The zero-order chi connectivity index (χ0) is 20.6. The first-order chi connectivity index (χ1) is 12.7. The maximum Gasteiger partial charge on any atom is 0.324 e. The minimum atomic E-state index is -1.21. The Kier molecular flexibility index (Phi) is 7.73. The molecule has 0 aliphatic carbocycles. The number of hydrogen-bond acceptors (Lipinski definition) is 8. The monoisotopic (exact) mass is 378 g/mol. The Morgan fingerprint density at radius 1 is 1.00 bits per heavy atom. The summed E-state index contributed by atoms with van der Waals surface area (Å²) in [6, 6.07) is 5.07. The second-order valence-corrected chi connectivity index (χ2v) is 5.32. The molecule has 0 saturated carbocycles. The van der Waals surface area contributed by atoms with Gasteiger partial charge in [-0.15, -0.1) is 0 Å². The van der Waals surface area contributed by atoms with Gasteiger partial charge >= 0.3 is 11.4 Å². The molecule has 0 bridgehead atoms. The molecule has 0 saturated heterocycles. The van der Waals surface area contributed by atoms with Crippen molar-refractivity contribution in [3.05, 3.63) is 72.1 Å². The van der Waals surface area contributed by atoms with E-state index in [4.69, 9.17) is 5.11 Å². The van der Waals surface area contributed by atoms with Crippen molar-refractivity contribution in [2.75, 3.05) is 0 Å². The lowest BCUT2D eigenvalue weighted by Crippen LogP contribution is -1.97. The van der Waals surface area contributed by atoms with E-state index in [1.54, 1.807) is 0 Å². The van der Waals surface area contributed by atoms with Crippen molar-refractivity contribution in [1.82, 2.24) is 4.98 Å². The molecular formula is C16H18N4O7. The van der Waals surface area contributed by atoms with Crippen LogP contribution in [0.5, 0.6) is 5.75 Å². The molecule has 0 unspecified atom stereocenters. The van der Waals surface area contributed by atoms with E-state index in [1.165, 1.54) is 17.7 Å². The van der Waals surface area contributed by atoms with Crippen LogP contribution in [0.3, 0.4) is 0 Å². The molecule has 1 heterocycles. The van der Waals surface area contributed by atoms with E-state index in [0.717, 1.165) is 12.8 Å². The summed E-state index contributed by atoms with van der Waals surface area (Å²) in [5.74, 6) is -1.21. The molecule has 0 radical (unpaired) electrons. The van der Waals surface area contributed by atoms with Crippen LogP contribution < -0.4 is 0 Å². The van der Waals surface area contributed by atoms with Gasteiger partial charge in [0, 0.05) is 11.9 Å². The van der Waals surface area contributed by atoms with Crippen LogP contribution in [0, 0.1) is 30.3 Å². The molecule has 27 heavy (non-hydrogen) atoms. The van der Waals surface area contributed by atoms with Crippen molar-refractivity contribution in [1.29, 1.82) is 0 Å². The Balaban J connectivity index is 0.000000289. The summed E-state index contributed by atoms with van der Waals surface area (Å²) >= 11 is 0. The predicted octanol–water partition coefficient (Wildman–Crippen LogP) is 3.71. The summed E-state index contributed by atoms with van der Waals surface area (Å²) in [7, 11) is 0. The van der Waals surface area contributed by atoms with E-state index in [-0.39, 0.29) is 0 Å². The summed E-state index contributed by atoms with van der Waals surface area (Å²) in [6.45, 7) is 4.37. The Hall–Kier alpha value is -3.63. The van der Waals surface area contributed by atoms with Gasteiger partial charge in [0.1, 0.15) is 0 Å². The number of nitrogens with zero attached hydrogens (tertiary/aromatic N) is 4. The number of hydrogen-bond donors (Lipinski definition) is 1. The molecule has 1 aromatic carbocycles. The molecule has 144 valence electrons. The molecule has 1 aromatic heterocycles. The SMILES string of the molecule is CCCc1ncccc1CC.O=[N+]([O-])c1cc([N+](=O)[O-])c(O)c([N+](=O)[O-])c1. The molecular weight excluding hydrogens is 360 g/mol. The number of phenols is 1. The van der Waals surface area contributed by atoms with Crippen LogP contribution in [0.2, 0.25) is 0 Å². The molecule has 0 atom stereocenters. The normalized spacial score (nSPS) is 9.85. The van der Waals surface area contributed by atoms with Crippen molar-refractivity contribution in [3.8, 4) is 5.75 Å². The molecule has 0 spiro atoms. The van der Waals surface area contributed by atoms with Gasteiger partial charge < -0.3 is 5.11 Å². The zero-order valence-electron chi connectivity index (χ0n) is 14.7. The quantitative estimate of drug-likeness (QED) is 0.587. The maximum atomic E-state index is 10.4. The zero-order valence-corrected chi connectivity index (χ0v) is 14.7. The van der Waals surface area contributed by atoms with Crippen molar-refractivity contribution >= 4 is 17.1 Å². The average Bonchev–Trinajstić information content (AvgIpc) is 2.62. The minimum Gasteiger partial charge on any atom is -0.497 e. The van der Waals surface area contributed by atoms with Gasteiger partial charge in [-0.3, -0.25) is 35.3 Å². The molecule has 0 fully saturated rings. The number of benzene rings is 1. The molecule has 11 nitrogen and oxygen atoms in total. The minimum absolute atomic E-state index is 0.447. The number of aromatic nitrogens is 1. The number of aryl methyl sites for hydroxylation is 2. The van der Waals surface area contributed by atoms with Gasteiger partial charge in [-0.2, -0.15) is 0 Å². The smallest absolute Gasteiger partial charge is 0.324 e. The largest absolute Gasteiger partial charge is 0.497 e. The van der Waals surface area contributed by atoms with Gasteiger partial charge in [-0.05, 0) is 24.5 Å². The van der Waals surface area contributed by atoms with Crippen LogP contribution in [-0.2, 0) is 12.8 Å². The van der Waals surface area contributed by atoms with E-state index < -0.39 is 37.6 Å². The fraction of sp³-hybridized carbons (Fsp3) is 0.312. The van der Waals surface area contributed by atoms with E-state index in [0.29, 0.717) is 12.1 Å². The molecule has 1 N–H and O–H groups in total. The van der Waals surface area contributed by atoms with Crippen LogP contribution in [0.4, 0.5) is 17.1 Å². The lowest BCUT2D eigenvalue weighted by atomic mass is 10.1. The topological polar surface area (TPSA) is 163 Å². The fourth-order valence-electron chi connectivity index (χ4n) is 2.23. The summed E-state index contributed by atoms with van der Waals surface area (Å²) in [5.41, 5.74) is -0.329. The fourth-order valence-corrected chi connectivity index (χ4v) is 2.23. The first kappa shape index (κ1) is 21.4. The lowest BCUT2D eigenvalue weighted by Gasteiger charge is -2.03. The summed E-state index contributed by atoms with van der Waals surface area (Å²) < 4.78 is 0. The van der Waals surface area contributed by atoms with E-state index in [2.05, 4.69) is 24.9 Å². The number of aromatic hydroxyl groups is 1. The third-order valence-corrected chi connectivity index (χ3v) is 3.51. The number of pyridine rings is 1. The van der Waals surface area contributed by atoms with Crippen LogP contribution >= 0.6 is 0 Å². The number of nitro groups is 3. The van der Waals surface area contributed by atoms with Gasteiger partial charge in [0.15, 0.2) is 0 Å². The summed E-state index contributed by atoms with van der Waals surface area (Å²) in [5, 5.41) is 40.2. The Morgan fingerprint density at radius 3 is 1.96 bits per heavy atom. The van der Waals surface area contributed by atoms with Crippen molar-refractivity contribution in [2.24, 2.45) is 0 Å². The Labute approximate surface area is 153 Å². The highest BCUT2D eigenvalue weighted by molar-refractivity contribution is 5.64. The van der Waals surface area contributed by atoms with Gasteiger partial charge in [0.2, 0.25) is 0 Å². The third-order valence-electron chi connectivity index (χ3n) is 3.51. The van der Waals surface area contributed by atoms with Crippen LogP contribution in [0.15, 0.2) is 30.5 Å². The first-order valence-corrected chi connectivity index (χ1v) is 7.95. The van der Waals surface area contributed by atoms with E-state index in [1.807, 2.05) is 12.3 Å². The third kappa shape index (κ3) is 5.70. The van der Waals surface area contributed by atoms with Gasteiger partial charge in [0.25, 0.3) is 11.4 Å². The standard InChI is InChI=1S/C10H15N.C6H3N3O7/c1-3-6-10-9(4-2)7-5-8-11-10;10-6-4(8(13)14)1-3(7(11)12)2-5(6)9(15)16/h5,7-8H,3-4,6H2,1-2H3;1-2,10H. The number of phenolic OH excluding ortho intramolecular Hbond substituents is 1. The molecule has 2 aromatic rings. The Bertz CT molecular complexity index is 819. The van der Waals surface area contributed by atoms with Gasteiger partial charge in [-0.1, -0.05) is 26.3 Å². The number of rotatable bonds is 6. The highest BCUT2D eigenvalue weighted by Gasteiger charge is 2.30. The maximum absolute atomic E-state index is 10.4. The highest BCUT2D eigenvalue weighted by atomic mass is 16.6. The van der Waals surface area contributed by atoms with E-state index >= 15 is 0 Å². The molecule has 0 aliphatic rings. The molecule has 11 heteroatoms. The first-order valence-electron chi connectivity index (χ1n) is 7.95. The van der Waals surface area contributed by atoms with Crippen molar-refractivity contribution < 1.29 is 19.9 Å². The average molecular weight is 378 g/mol. The Morgan fingerprint density at radius 2 is 1.56 bits per heavy atom. The highest BCUT2D eigenvalue weighted by Crippen LogP contribution is 2.38. The van der Waals surface area contributed by atoms with Crippen molar-refractivity contribution in [3.63, 3.8) is 0 Å². The van der Waals surface area contributed by atoms with E-state index in [9.17, 15) is 30.3 Å². The number of nitro benzene ring substituents is 3. The van der Waals surface area contributed by atoms with Crippen LogP contribution in [0.25, 0.3) is 0 Å². The van der Waals surface area contributed by atoms with Crippen LogP contribution in [0.1, 0.15) is 31.5 Å². The predicted molar refractivity (Wildman–Crippen MR) is 95.7 cm³/mol. The number of non-ortho nitro benzene ring substituents is 1. The van der Waals surface area contributed by atoms with Gasteiger partial charge in [-0.25, -0.2) is 0 Å². The molecule has 0 aliphatic heterocycles. The van der Waals surface area contributed by atoms with Crippen molar-refractivity contribution in [2.45, 2.75) is 33.1 Å². The second-order valence-electron chi connectivity index (χ2n) is 5.32. The molecule has 0 amide bonds. The van der Waals surface area contributed by atoms with Gasteiger partial charge in [0.05, 0.1) is 26.9 Å². The van der Waals surface area contributed by atoms with Crippen LogP contribution in [-0.4, -0.2) is 24.9 Å².